The summed E-state index contributed by atoms with van der Waals surface area (Å²) < 4.78 is 13.9. The van der Waals surface area contributed by atoms with Crippen LogP contribution in [0, 0.1) is 23.2 Å². The summed E-state index contributed by atoms with van der Waals surface area (Å²) in [4.78, 5) is 62.7. The first-order chi connectivity index (χ1) is 37.5. The number of hydrazine groups is 1. The molecule has 3 aromatic carbocycles. The number of amides is 3. The average Bonchev–Trinajstić information content (AvgIpc) is 2.37. The maximum absolute atomic E-state index is 14.0. The van der Waals surface area contributed by atoms with Crippen molar-refractivity contribution in [2.24, 2.45) is 29.0 Å². The van der Waals surface area contributed by atoms with E-state index in [0.717, 1.165) is 119 Å². The lowest BCUT2D eigenvalue weighted by Gasteiger charge is -2.31. The number of rotatable bonds is 25. The number of aryl methyl sites for hydroxylation is 1. The van der Waals surface area contributed by atoms with Crippen molar-refractivity contribution in [3.05, 3.63) is 90.0 Å². The molecule has 0 bridgehead atoms. The molecule has 2 aliphatic rings. The molecule has 0 radical (unpaired) electrons. The SMILES string of the molecule is C.C.C=CC(=O)N1CC[C@H](C)C1.CC(C)C.CCn1c(-c2ccccc2CCOC)c(CC(C)(C)COO)c2cc(-c3cc(C[C@H](NC(=O)CN(C)O)C(=O)N(N)CCCC(C)C)cc(OC(=O)CCN4CCN(C)CC4)c3)ccc21.N.[HH].[HH]. The van der Waals surface area contributed by atoms with E-state index in [1.54, 1.807) is 13.2 Å². The van der Waals surface area contributed by atoms with Crippen LogP contribution in [0.1, 0.15) is 122 Å². The number of piperazine rings is 1. The third-order valence-electron chi connectivity index (χ3n) is 14.0. The van der Waals surface area contributed by atoms with Crippen LogP contribution in [0.5, 0.6) is 5.75 Å². The highest BCUT2D eigenvalue weighted by Gasteiger charge is 2.29. The second-order valence-corrected chi connectivity index (χ2v) is 23.4. The first-order valence-corrected chi connectivity index (χ1v) is 28.4. The molecule has 6 rings (SSSR count). The minimum atomic E-state index is -1.08. The summed E-state index contributed by atoms with van der Waals surface area (Å²) >= 11 is 0. The second kappa shape index (κ2) is 36.9. The fourth-order valence-electron chi connectivity index (χ4n) is 9.94. The van der Waals surface area contributed by atoms with Crippen molar-refractivity contribution >= 4 is 34.6 Å². The standard InChI is InChI=1S/C50H73N7O8.C8H13NO.C4H10.2CH4.H3N.2H2/c1-9-56-45-17-16-38(31-42(45)43(32-50(4,5)34-64-62)48(56)41-15-11-10-14-37(41)19-26-63-8)39-27-36(28-40(30-39)65-47(59)18-21-55-24-22-53(6)23-25-55)29-44(52-46(58)33-54(7)61)49(60)57(51)20-12-13-35(2)3;1-3-8(10)9-5-4-7(2)6-9;1-4(2)3;;;;;/h10-11,14-17,27-28,30-31,35,44,61-62H,9,12-13,18-26,29,32-34,51H2,1-8H3,(H,52,58);3,7H,1,4-6H2,2H3;4H,1-3H3;2*1H4;1H3;2*1H/t44-;7-;;;;;;/m00....../s1. The van der Waals surface area contributed by atoms with Crippen molar-refractivity contribution in [2.75, 3.05) is 93.3 Å². The largest absolute Gasteiger partial charge is 0.426 e. The summed E-state index contributed by atoms with van der Waals surface area (Å²) in [5.41, 5.74) is 7.29. The zero-order valence-electron chi connectivity index (χ0n) is 50.5. The number of nitrogens with two attached hydrogens (primary N) is 1. The van der Waals surface area contributed by atoms with Crippen LogP contribution >= 0.6 is 0 Å². The number of carbonyl (C=O) groups excluding carboxylic acids is 4. The summed E-state index contributed by atoms with van der Waals surface area (Å²) in [6.07, 6.45) is 5.65. The molecule has 82 heavy (non-hydrogen) atoms. The van der Waals surface area contributed by atoms with Gasteiger partial charge >= 0.3 is 5.97 Å². The number of fused-ring (bicyclic) bond motifs is 1. The predicted molar refractivity (Wildman–Crippen MR) is 338 cm³/mol. The van der Waals surface area contributed by atoms with Crippen LogP contribution in [0.15, 0.2) is 73.3 Å². The van der Waals surface area contributed by atoms with Gasteiger partial charge in [0.2, 0.25) is 11.8 Å². The lowest BCUT2D eigenvalue weighted by Crippen LogP contribution is -2.53. The van der Waals surface area contributed by atoms with Gasteiger partial charge in [-0.2, -0.15) is 5.06 Å². The molecule has 1 aromatic heterocycles. The molecule has 0 spiro atoms. The normalized spacial score (nSPS) is 14.9. The highest BCUT2D eigenvalue weighted by atomic mass is 17.1. The number of nitrogens with zero attached hydrogens (tertiary/aromatic N) is 6. The Balaban J connectivity index is 0. The molecule has 3 amide bonds. The van der Waals surface area contributed by atoms with Crippen LogP contribution in [-0.4, -0.2) is 163 Å². The van der Waals surface area contributed by atoms with E-state index in [1.807, 2.05) is 23.1 Å². The molecule has 4 aromatic rings. The van der Waals surface area contributed by atoms with Crippen molar-refractivity contribution in [3.8, 4) is 28.1 Å². The van der Waals surface area contributed by atoms with Gasteiger partial charge in [0.15, 0.2) is 0 Å². The number of aromatic nitrogens is 1. The Hall–Kier alpha value is -5.54. The van der Waals surface area contributed by atoms with Crippen LogP contribution in [-0.2, 0) is 54.6 Å². The summed E-state index contributed by atoms with van der Waals surface area (Å²) in [6, 6.07) is 19.2. The van der Waals surface area contributed by atoms with E-state index >= 15 is 0 Å². The molecule has 0 unspecified atom stereocenters. The third-order valence-corrected chi connectivity index (χ3v) is 14.0. The summed E-state index contributed by atoms with van der Waals surface area (Å²) in [5.74, 6) is 7.27. The molecular weight excluding hydrogens is 1040 g/mol. The van der Waals surface area contributed by atoms with Crippen molar-refractivity contribution in [3.63, 3.8) is 0 Å². The lowest BCUT2D eigenvalue weighted by molar-refractivity contribution is -0.259. The zero-order valence-corrected chi connectivity index (χ0v) is 50.5. The first-order valence-electron chi connectivity index (χ1n) is 28.4. The van der Waals surface area contributed by atoms with Gasteiger partial charge in [0, 0.05) is 98.8 Å². The van der Waals surface area contributed by atoms with Crippen molar-refractivity contribution < 1.29 is 46.9 Å². The highest BCUT2D eigenvalue weighted by molar-refractivity contribution is 5.96. The van der Waals surface area contributed by atoms with Crippen molar-refractivity contribution in [1.29, 1.82) is 0 Å². The number of likely N-dealkylation sites (tertiary alicyclic amines) is 1. The Labute approximate surface area is 495 Å². The third kappa shape index (κ3) is 24.0. The van der Waals surface area contributed by atoms with Crippen LogP contribution in [0.2, 0.25) is 0 Å². The zero-order chi connectivity index (χ0) is 58.4. The van der Waals surface area contributed by atoms with Crippen LogP contribution in [0.25, 0.3) is 33.3 Å². The Bertz CT molecular complexity index is 2580. The Morgan fingerprint density at radius 3 is 2.23 bits per heavy atom. The van der Waals surface area contributed by atoms with Crippen LogP contribution in [0.4, 0.5) is 0 Å². The van der Waals surface area contributed by atoms with Gasteiger partial charge in [-0.05, 0) is 127 Å². The summed E-state index contributed by atoms with van der Waals surface area (Å²) in [5, 5.41) is 25.2. The van der Waals surface area contributed by atoms with E-state index in [-0.39, 0.29) is 61.7 Å². The minimum Gasteiger partial charge on any atom is -0.426 e. The molecule has 2 fully saturated rings. The number of hydrogen-bond donors (Lipinski definition) is 5. The number of methoxy groups -OCH3 is 1. The van der Waals surface area contributed by atoms with Crippen LogP contribution < -0.4 is 22.0 Å². The molecule has 0 aliphatic carbocycles. The van der Waals surface area contributed by atoms with E-state index in [0.29, 0.717) is 62.2 Å². The van der Waals surface area contributed by atoms with Crippen LogP contribution in [0.3, 0.4) is 0 Å². The van der Waals surface area contributed by atoms with Gasteiger partial charge < -0.3 is 45.4 Å². The number of nitrogens with one attached hydrogen (secondary N) is 1. The van der Waals surface area contributed by atoms with Crippen molar-refractivity contribution in [1.82, 2.24) is 40.8 Å². The molecule has 18 heteroatoms. The maximum atomic E-state index is 14.0. The van der Waals surface area contributed by atoms with E-state index in [4.69, 9.17) is 20.2 Å². The molecule has 8 N–H and O–H groups in total. The highest BCUT2D eigenvalue weighted by Crippen LogP contribution is 2.41. The fraction of sp³-hybridized carbons (Fsp3) is 0.594. The molecule has 0 saturated carbocycles. The van der Waals surface area contributed by atoms with Gasteiger partial charge in [0.05, 0.1) is 25.3 Å². The number of carbonyl (C=O) groups is 4. The smallest absolute Gasteiger partial charge is 0.312 e. The number of hydrogen-bond acceptors (Lipinski definition) is 14. The Morgan fingerprint density at radius 2 is 1.65 bits per heavy atom. The van der Waals surface area contributed by atoms with Gasteiger partial charge in [-0.25, -0.2) is 10.7 Å². The van der Waals surface area contributed by atoms with E-state index in [1.165, 1.54) is 13.1 Å². The summed E-state index contributed by atoms with van der Waals surface area (Å²) in [6.45, 7) is 30.0. The van der Waals surface area contributed by atoms with Gasteiger partial charge in [0.1, 0.15) is 18.3 Å². The maximum Gasteiger partial charge on any atom is 0.312 e. The Morgan fingerprint density at radius 1 is 0.976 bits per heavy atom. The van der Waals surface area contributed by atoms with E-state index < -0.39 is 23.3 Å². The molecule has 466 valence electrons. The number of ether oxygens (including phenoxy) is 2. The van der Waals surface area contributed by atoms with E-state index in [2.05, 4.69) is 132 Å². The molecular formula is C64H111N9O9. The molecule has 2 saturated heterocycles. The average molecular weight is 1150 g/mol. The minimum absolute atomic E-state index is 0. The summed E-state index contributed by atoms with van der Waals surface area (Å²) in [7, 11) is 5.15. The first kappa shape index (κ1) is 74.5. The van der Waals surface area contributed by atoms with Gasteiger partial charge in [0.25, 0.3) is 5.91 Å². The number of likely N-dealkylation sites (N-methyl/N-ethyl adjacent to an activating group) is 2. The fourth-order valence-corrected chi connectivity index (χ4v) is 9.94. The lowest BCUT2D eigenvalue weighted by atomic mass is 9.84. The number of esters is 1. The molecule has 2 aliphatic heterocycles. The van der Waals surface area contributed by atoms with Gasteiger partial charge in [-0.15, -0.1) is 0 Å². The van der Waals surface area contributed by atoms with Crippen molar-refractivity contribution in [2.45, 2.75) is 135 Å². The molecule has 2 atom stereocenters. The molecule has 18 nitrogen and oxygen atoms in total. The quantitative estimate of drug-likeness (QED) is 0.00791. The second-order valence-electron chi connectivity index (χ2n) is 23.4. The molecule has 3 heterocycles. The number of benzene rings is 3. The van der Waals surface area contributed by atoms with Gasteiger partial charge in [-0.3, -0.25) is 29.4 Å². The predicted octanol–water partition coefficient (Wildman–Crippen LogP) is 10.9. The van der Waals surface area contributed by atoms with Gasteiger partial charge in [-0.1, -0.05) is 113 Å². The topological polar surface area (TPSA) is 231 Å². The van der Waals surface area contributed by atoms with E-state index in [9.17, 15) is 29.6 Å². The number of hydroxylamine groups is 2. The monoisotopic (exact) mass is 1150 g/mol. The Kier molecular flexibility index (Phi) is 33.5.